The first-order valence-corrected chi connectivity index (χ1v) is 6.59. The van der Waals surface area contributed by atoms with Gasteiger partial charge >= 0.3 is 5.97 Å². The van der Waals surface area contributed by atoms with Crippen LogP contribution in [0.4, 0.5) is 0 Å². The highest BCUT2D eigenvalue weighted by Gasteiger charge is 2.31. The summed E-state index contributed by atoms with van der Waals surface area (Å²) in [5, 5.41) is 0. The highest BCUT2D eigenvalue weighted by atomic mass is 32.2. The third-order valence-corrected chi connectivity index (χ3v) is 3.91. The Kier molecular flexibility index (Phi) is 4.66. The Hall–Kier alpha value is -0.700. The third-order valence-electron chi connectivity index (χ3n) is 2.56. The summed E-state index contributed by atoms with van der Waals surface area (Å²) in [5.74, 6) is 4.45. The van der Waals surface area contributed by atoms with Gasteiger partial charge in [0.1, 0.15) is 0 Å². The summed E-state index contributed by atoms with van der Waals surface area (Å²) in [4.78, 5) is 13.2. The number of ether oxygens (including phenoxy) is 1. The molecule has 0 bridgehead atoms. The smallest absolute Gasteiger partial charge is 0.309 e. The van der Waals surface area contributed by atoms with Crippen LogP contribution in [-0.4, -0.2) is 38.4 Å². The van der Waals surface area contributed by atoms with Crippen LogP contribution in [0.3, 0.4) is 0 Å². The van der Waals surface area contributed by atoms with Gasteiger partial charge in [-0.1, -0.05) is 0 Å². The highest BCUT2D eigenvalue weighted by molar-refractivity contribution is 7.87. The van der Waals surface area contributed by atoms with Gasteiger partial charge in [0.25, 0.3) is 10.2 Å². The van der Waals surface area contributed by atoms with Gasteiger partial charge in [-0.15, -0.1) is 4.83 Å². The molecule has 8 heteroatoms. The number of nitrogens with zero attached hydrogens (tertiary/aromatic N) is 1. The van der Waals surface area contributed by atoms with Gasteiger partial charge in [0.15, 0.2) is 0 Å². The summed E-state index contributed by atoms with van der Waals surface area (Å²) in [5.41, 5.74) is 0. The van der Waals surface area contributed by atoms with Crippen LogP contribution < -0.4 is 10.7 Å². The van der Waals surface area contributed by atoms with E-state index in [1.165, 1.54) is 4.31 Å². The lowest BCUT2D eigenvalue weighted by Gasteiger charge is -2.29. The van der Waals surface area contributed by atoms with E-state index in [1.54, 1.807) is 11.8 Å². The molecule has 0 aromatic carbocycles. The predicted octanol–water partition coefficient (Wildman–Crippen LogP) is -1.03. The molecule has 0 atom stereocenters. The molecule has 0 amide bonds. The minimum absolute atomic E-state index is 0.204. The van der Waals surface area contributed by atoms with Gasteiger partial charge < -0.3 is 4.74 Å². The second-order valence-corrected chi connectivity index (χ2v) is 5.25. The maximum atomic E-state index is 11.4. The fourth-order valence-electron chi connectivity index (χ4n) is 1.67. The normalized spacial score (nSPS) is 19.6. The number of hydrogen-bond donors (Lipinski definition) is 2. The zero-order valence-electron chi connectivity index (χ0n) is 9.18. The standard InChI is InChI=1S/C8H17N3O4S/c1-2-15-8(12)7-3-5-11(6-4-7)16(13,14)10-9/h7,10H,2-6,9H2,1H3. The predicted molar refractivity (Wildman–Crippen MR) is 57.2 cm³/mol. The molecule has 1 rings (SSSR count). The van der Waals surface area contributed by atoms with Crippen molar-refractivity contribution < 1.29 is 17.9 Å². The SMILES string of the molecule is CCOC(=O)C1CCN(S(=O)(=O)NN)CC1. The van der Waals surface area contributed by atoms with Crippen LogP contribution in [0.5, 0.6) is 0 Å². The maximum Gasteiger partial charge on any atom is 0.309 e. The van der Waals surface area contributed by atoms with Crippen molar-refractivity contribution in [2.45, 2.75) is 19.8 Å². The molecular formula is C8H17N3O4S. The first-order valence-electron chi connectivity index (χ1n) is 5.15. The third kappa shape index (κ3) is 3.14. The number of carbonyl (C=O) groups is 1. The highest BCUT2D eigenvalue weighted by Crippen LogP contribution is 2.19. The van der Waals surface area contributed by atoms with Crippen LogP contribution in [0.25, 0.3) is 0 Å². The quantitative estimate of drug-likeness (QED) is 0.378. The number of hydrazine groups is 1. The fraction of sp³-hybridized carbons (Fsp3) is 0.875. The Morgan fingerprint density at radius 3 is 2.50 bits per heavy atom. The van der Waals surface area contributed by atoms with Crippen molar-refractivity contribution in [1.29, 1.82) is 0 Å². The number of piperidine rings is 1. The van der Waals surface area contributed by atoms with Crippen LogP contribution in [-0.2, 0) is 19.7 Å². The topological polar surface area (TPSA) is 102 Å². The first kappa shape index (κ1) is 13.4. The molecule has 0 radical (unpaired) electrons. The fourth-order valence-corrected chi connectivity index (χ4v) is 2.51. The van der Waals surface area contributed by atoms with E-state index in [2.05, 4.69) is 0 Å². The van der Waals surface area contributed by atoms with E-state index in [1.807, 2.05) is 0 Å². The number of hydrogen-bond acceptors (Lipinski definition) is 5. The van der Waals surface area contributed by atoms with Crippen LogP contribution in [0.15, 0.2) is 0 Å². The molecule has 0 aromatic rings. The van der Waals surface area contributed by atoms with Crippen molar-refractivity contribution in [2.75, 3.05) is 19.7 Å². The minimum atomic E-state index is -3.57. The first-order chi connectivity index (χ1) is 7.51. The van der Waals surface area contributed by atoms with Gasteiger partial charge in [0.2, 0.25) is 0 Å². The van der Waals surface area contributed by atoms with E-state index >= 15 is 0 Å². The Balaban J connectivity index is 2.49. The molecule has 0 unspecified atom stereocenters. The lowest BCUT2D eigenvalue weighted by atomic mass is 9.98. The lowest BCUT2D eigenvalue weighted by Crippen LogP contribution is -2.48. The molecule has 1 aliphatic rings. The van der Waals surface area contributed by atoms with Crippen molar-refractivity contribution in [1.82, 2.24) is 9.14 Å². The van der Waals surface area contributed by atoms with Crippen LogP contribution in [0.1, 0.15) is 19.8 Å². The van der Waals surface area contributed by atoms with Gasteiger partial charge in [-0.2, -0.15) is 12.7 Å². The van der Waals surface area contributed by atoms with Crippen molar-refractivity contribution in [3.05, 3.63) is 0 Å². The summed E-state index contributed by atoms with van der Waals surface area (Å²) in [6, 6.07) is 0. The molecule has 3 N–H and O–H groups in total. The molecular weight excluding hydrogens is 234 g/mol. The van der Waals surface area contributed by atoms with Gasteiger partial charge in [-0.05, 0) is 19.8 Å². The molecule has 94 valence electrons. The molecule has 7 nitrogen and oxygen atoms in total. The zero-order chi connectivity index (χ0) is 12.2. The number of nitrogens with two attached hydrogens (primary N) is 1. The molecule has 1 saturated heterocycles. The average molecular weight is 251 g/mol. The van der Waals surface area contributed by atoms with Crippen molar-refractivity contribution in [3.63, 3.8) is 0 Å². The van der Waals surface area contributed by atoms with Gasteiger partial charge in [-0.3, -0.25) is 10.6 Å². The summed E-state index contributed by atoms with van der Waals surface area (Å²) < 4.78 is 28.8. The minimum Gasteiger partial charge on any atom is -0.466 e. The average Bonchev–Trinajstić information content (AvgIpc) is 2.29. The van der Waals surface area contributed by atoms with Crippen molar-refractivity contribution in [3.8, 4) is 0 Å². The Bertz CT molecular complexity index is 335. The van der Waals surface area contributed by atoms with Crippen LogP contribution in [0, 0.1) is 5.92 Å². The number of nitrogens with one attached hydrogen (secondary N) is 1. The van der Waals surface area contributed by atoms with E-state index in [9.17, 15) is 13.2 Å². The van der Waals surface area contributed by atoms with Crippen LogP contribution in [0.2, 0.25) is 0 Å². The summed E-state index contributed by atoms with van der Waals surface area (Å²) in [7, 11) is -3.57. The van der Waals surface area contributed by atoms with Crippen LogP contribution >= 0.6 is 0 Å². The number of esters is 1. The van der Waals surface area contributed by atoms with E-state index in [0.717, 1.165) is 0 Å². The molecule has 0 aromatic heterocycles. The van der Waals surface area contributed by atoms with Gasteiger partial charge in [0, 0.05) is 13.1 Å². The van der Waals surface area contributed by atoms with E-state index in [4.69, 9.17) is 10.6 Å². The summed E-state index contributed by atoms with van der Waals surface area (Å²) >= 11 is 0. The Labute approximate surface area is 95.1 Å². The molecule has 1 fully saturated rings. The second kappa shape index (κ2) is 5.58. The number of rotatable bonds is 4. The zero-order valence-corrected chi connectivity index (χ0v) is 10.00. The lowest BCUT2D eigenvalue weighted by molar-refractivity contribution is -0.149. The summed E-state index contributed by atoms with van der Waals surface area (Å²) in [6.07, 6.45) is 0.944. The monoisotopic (exact) mass is 251 g/mol. The molecule has 1 heterocycles. The van der Waals surface area contributed by atoms with Crippen molar-refractivity contribution in [2.24, 2.45) is 11.8 Å². The second-order valence-electron chi connectivity index (χ2n) is 3.55. The van der Waals surface area contributed by atoms with Crippen molar-refractivity contribution >= 4 is 16.2 Å². The molecule has 1 aliphatic heterocycles. The molecule has 16 heavy (non-hydrogen) atoms. The van der Waals surface area contributed by atoms with E-state index < -0.39 is 10.2 Å². The summed E-state index contributed by atoms with van der Waals surface area (Å²) in [6.45, 7) is 2.67. The van der Waals surface area contributed by atoms with Gasteiger partial charge in [0.05, 0.1) is 12.5 Å². The number of carbonyl (C=O) groups excluding carboxylic acids is 1. The Morgan fingerprint density at radius 1 is 1.50 bits per heavy atom. The Morgan fingerprint density at radius 2 is 2.06 bits per heavy atom. The van der Waals surface area contributed by atoms with E-state index in [0.29, 0.717) is 19.4 Å². The molecule has 0 saturated carbocycles. The maximum absolute atomic E-state index is 11.4. The molecule has 0 spiro atoms. The largest absolute Gasteiger partial charge is 0.466 e. The van der Waals surface area contributed by atoms with Gasteiger partial charge in [-0.25, -0.2) is 0 Å². The molecule has 0 aliphatic carbocycles. The van der Waals surface area contributed by atoms with E-state index in [-0.39, 0.29) is 25.0 Å².